The Morgan fingerprint density at radius 2 is 2.50 bits per heavy atom. The molecule has 0 radical (unpaired) electrons. The van der Waals surface area contributed by atoms with Crippen LogP contribution >= 0.6 is 0 Å². The SMILES string of the molecule is NCc1cc(C(=O)NCC2CCCO2)co1. The van der Waals surface area contributed by atoms with E-state index in [4.69, 9.17) is 14.9 Å². The summed E-state index contributed by atoms with van der Waals surface area (Å²) in [5.74, 6) is 0.473. The van der Waals surface area contributed by atoms with Gasteiger partial charge in [0.05, 0.1) is 18.2 Å². The van der Waals surface area contributed by atoms with Crippen LogP contribution in [0.1, 0.15) is 29.0 Å². The molecular weight excluding hydrogens is 208 g/mol. The van der Waals surface area contributed by atoms with E-state index >= 15 is 0 Å². The molecule has 1 fully saturated rings. The van der Waals surface area contributed by atoms with Crippen LogP contribution in [0.3, 0.4) is 0 Å². The van der Waals surface area contributed by atoms with Crippen molar-refractivity contribution in [2.24, 2.45) is 5.73 Å². The second kappa shape index (κ2) is 5.14. The van der Waals surface area contributed by atoms with Crippen molar-refractivity contribution in [3.63, 3.8) is 0 Å². The molecule has 5 nitrogen and oxygen atoms in total. The molecular formula is C11H16N2O3. The maximum atomic E-state index is 11.7. The average molecular weight is 224 g/mol. The highest BCUT2D eigenvalue weighted by atomic mass is 16.5. The van der Waals surface area contributed by atoms with Crippen LogP contribution in [0.2, 0.25) is 0 Å². The van der Waals surface area contributed by atoms with Crippen LogP contribution in [-0.2, 0) is 11.3 Å². The molecule has 1 aliphatic heterocycles. The van der Waals surface area contributed by atoms with Gasteiger partial charge in [-0.3, -0.25) is 4.79 Å². The highest BCUT2D eigenvalue weighted by Gasteiger charge is 2.17. The predicted octanol–water partition coefficient (Wildman–Crippen LogP) is 0.647. The van der Waals surface area contributed by atoms with Crippen molar-refractivity contribution < 1.29 is 13.9 Å². The molecule has 0 saturated carbocycles. The van der Waals surface area contributed by atoms with Crippen molar-refractivity contribution in [1.82, 2.24) is 5.32 Å². The van der Waals surface area contributed by atoms with Gasteiger partial charge in [-0.2, -0.15) is 0 Å². The molecule has 0 spiro atoms. The first kappa shape index (κ1) is 11.2. The largest absolute Gasteiger partial charge is 0.467 e. The molecule has 5 heteroatoms. The lowest BCUT2D eigenvalue weighted by Crippen LogP contribution is -2.31. The monoisotopic (exact) mass is 224 g/mol. The number of furan rings is 1. The molecule has 1 amide bonds. The quantitative estimate of drug-likeness (QED) is 0.787. The Morgan fingerprint density at radius 1 is 1.62 bits per heavy atom. The molecule has 1 aromatic rings. The first-order valence-electron chi connectivity index (χ1n) is 5.47. The van der Waals surface area contributed by atoms with E-state index in [0.717, 1.165) is 19.4 Å². The van der Waals surface area contributed by atoms with Crippen LogP contribution in [0.4, 0.5) is 0 Å². The molecule has 88 valence electrons. The molecule has 2 heterocycles. The summed E-state index contributed by atoms with van der Waals surface area (Å²) in [5.41, 5.74) is 5.90. The maximum absolute atomic E-state index is 11.7. The number of hydrogen-bond acceptors (Lipinski definition) is 4. The lowest BCUT2D eigenvalue weighted by molar-refractivity contribution is 0.0857. The van der Waals surface area contributed by atoms with Gasteiger partial charge >= 0.3 is 0 Å². The van der Waals surface area contributed by atoms with E-state index in [0.29, 0.717) is 24.4 Å². The summed E-state index contributed by atoms with van der Waals surface area (Å²) < 4.78 is 10.5. The zero-order valence-corrected chi connectivity index (χ0v) is 9.07. The second-order valence-corrected chi connectivity index (χ2v) is 3.85. The smallest absolute Gasteiger partial charge is 0.254 e. The highest BCUT2D eigenvalue weighted by molar-refractivity contribution is 5.93. The number of amides is 1. The van der Waals surface area contributed by atoms with Gasteiger partial charge in [0, 0.05) is 13.2 Å². The summed E-state index contributed by atoms with van der Waals surface area (Å²) in [7, 11) is 0. The minimum absolute atomic E-state index is 0.140. The van der Waals surface area contributed by atoms with Gasteiger partial charge < -0.3 is 20.2 Å². The molecule has 2 rings (SSSR count). The number of carbonyl (C=O) groups is 1. The summed E-state index contributed by atoms with van der Waals surface area (Å²) in [4.78, 5) is 11.7. The van der Waals surface area contributed by atoms with Crippen LogP contribution in [0.5, 0.6) is 0 Å². The predicted molar refractivity (Wildman–Crippen MR) is 57.9 cm³/mol. The summed E-state index contributed by atoms with van der Waals surface area (Å²) >= 11 is 0. The fraction of sp³-hybridized carbons (Fsp3) is 0.545. The summed E-state index contributed by atoms with van der Waals surface area (Å²) in [6.07, 6.45) is 3.67. The fourth-order valence-corrected chi connectivity index (χ4v) is 1.72. The first-order valence-corrected chi connectivity index (χ1v) is 5.47. The van der Waals surface area contributed by atoms with E-state index in [9.17, 15) is 4.79 Å². The minimum Gasteiger partial charge on any atom is -0.467 e. The number of hydrogen-bond donors (Lipinski definition) is 2. The van der Waals surface area contributed by atoms with Crippen LogP contribution in [0, 0.1) is 0 Å². The van der Waals surface area contributed by atoms with Gasteiger partial charge in [0.2, 0.25) is 0 Å². The van der Waals surface area contributed by atoms with Gasteiger partial charge in [-0.15, -0.1) is 0 Å². The zero-order valence-electron chi connectivity index (χ0n) is 9.07. The van der Waals surface area contributed by atoms with Gasteiger partial charge in [-0.05, 0) is 18.9 Å². The molecule has 1 unspecified atom stereocenters. The molecule has 3 N–H and O–H groups in total. The lowest BCUT2D eigenvalue weighted by atomic mass is 10.2. The van der Waals surface area contributed by atoms with Crippen molar-refractivity contribution in [3.05, 3.63) is 23.7 Å². The van der Waals surface area contributed by atoms with E-state index in [1.54, 1.807) is 6.07 Å². The number of carbonyl (C=O) groups excluding carboxylic acids is 1. The number of nitrogens with two attached hydrogens (primary N) is 1. The van der Waals surface area contributed by atoms with Crippen LogP contribution in [0.25, 0.3) is 0 Å². The third kappa shape index (κ3) is 2.62. The Bertz CT molecular complexity index is 356. The Hall–Kier alpha value is -1.33. The molecule has 0 aromatic carbocycles. The van der Waals surface area contributed by atoms with Gasteiger partial charge in [-0.1, -0.05) is 0 Å². The van der Waals surface area contributed by atoms with E-state index in [2.05, 4.69) is 5.32 Å². The molecule has 1 aliphatic rings. The van der Waals surface area contributed by atoms with Gasteiger partial charge in [0.1, 0.15) is 12.0 Å². The van der Waals surface area contributed by atoms with Crippen molar-refractivity contribution >= 4 is 5.91 Å². The molecule has 0 bridgehead atoms. The number of ether oxygens (including phenoxy) is 1. The van der Waals surface area contributed by atoms with Crippen LogP contribution in [-0.4, -0.2) is 25.2 Å². The number of rotatable bonds is 4. The lowest BCUT2D eigenvalue weighted by Gasteiger charge is -2.09. The van der Waals surface area contributed by atoms with Crippen molar-refractivity contribution in [2.45, 2.75) is 25.5 Å². The minimum atomic E-state index is -0.140. The summed E-state index contributed by atoms with van der Waals surface area (Å²) in [6, 6.07) is 1.66. The Balaban J connectivity index is 1.82. The van der Waals surface area contributed by atoms with Gasteiger partial charge in [-0.25, -0.2) is 0 Å². The molecule has 16 heavy (non-hydrogen) atoms. The number of nitrogens with one attached hydrogen (secondary N) is 1. The first-order chi connectivity index (χ1) is 7.79. The van der Waals surface area contributed by atoms with E-state index in [-0.39, 0.29) is 12.0 Å². The van der Waals surface area contributed by atoms with E-state index in [1.165, 1.54) is 6.26 Å². The Labute approximate surface area is 93.9 Å². The van der Waals surface area contributed by atoms with Gasteiger partial charge in [0.15, 0.2) is 0 Å². The molecule has 1 aromatic heterocycles. The third-order valence-electron chi connectivity index (χ3n) is 2.63. The highest BCUT2D eigenvalue weighted by Crippen LogP contribution is 2.11. The topological polar surface area (TPSA) is 77.5 Å². The molecule has 1 saturated heterocycles. The Kier molecular flexibility index (Phi) is 3.58. The summed E-state index contributed by atoms with van der Waals surface area (Å²) in [6.45, 7) is 1.66. The van der Waals surface area contributed by atoms with E-state index < -0.39 is 0 Å². The maximum Gasteiger partial charge on any atom is 0.254 e. The third-order valence-corrected chi connectivity index (χ3v) is 2.63. The standard InChI is InChI=1S/C11H16N2O3/c12-5-10-4-8(7-16-10)11(14)13-6-9-2-1-3-15-9/h4,7,9H,1-3,5-6,12H2,(H,13,14). The normalized spacial score (nSPS) is 19.9. The van der Waals surface area contributed by atoms with Crippen molar-refractivity contribution in [3.8, 4) is 0 Å². The van der Waals surface area contributed by atoms with Crippen LogP contribution < -0.4 is 11.1 Å². The van der Waals surface area contributed by atoms with Crippen molar-refractivity contribution in [1.29, 1.82) is 0 Å². The molecule has 0 aliphatic carbocycles. The zero-order chi connectivity index (χ0) is 11.4. The Morgan fingerprint density at radius 3 is 3.12 bits per heavy atom. The second-order valence-electron chi connectivity index (χ2n) is 3.85. The van der Waals surface area contributed by atoms with Gasteiger partial charge in [0.25, 0.3) is 5.91 Å². The van der Waals surface area contributed by atoms with Crippen LogP contribution in [0.15, 0.2) is 16.7 Å². The van der Waals surface area contributed by atoms with Crippen molar-refractivity contribution in [2.75, 3.05) is 13.2 Å². The fourth-order valence-electron chi connectivity index (χ4n) is 1.72. The molecule has 1 atom stereocenters. The average Bonchev–Trinajstić information content (AvgIpc) is 2.96. The van der Waals surface area contributed by atoms with E-state index in [1.807, 2.05) is 0 Å². The summed E-state index contributed by atoms with van der Waals surface area (Å²) in [5, 5.41) is 2.81.